The number of aliphatic carboxylic acids is 1. The number of carboxylic acid groups (broad SMARTS) is 1. The molecule has 1 heterocycles. The van der Waals surface area contributed by atoms with E-state index in [-0.39, 0.29) is 12.1 Å². The molecule has 2 aliphatic rings. The first-order valence-corrected chi connectivity index (χ1v) is 7.39. The first kappa shape index (κ1) is 14.2. The predicted octanol–water partition coefficient (Wildman–Crippen LogP) is 2.21. The normalized spacial score (nSPS) is 31.8. The Morgan fingerprint density at radius 1 is 1.11 bits per heavy atom. The number of rotatable bonds is 2. The molecule has 108 valence electrons. The molecule has 1 aliphatic carbocycles. The number of nitrogens with one attached hydrogen (secondary N) is 1. The molecule has 5 heteroatoms. The Kier molecular flexibility index (Phi) is 4.66. The lowest BCUT2D eigenvalue weighted by atomic mass is 10.1. The van der Waals surface area contributed by atoms with Crippen molar-refractivity contribution >= 4 is 12.0 Å². The van der Waals surface area contributed by atoms with Crippen molar-refractivity contribution in [2.45, 2.75) is 64.0 Å². The van der Waals surface area contributed by atoms with Crippen LogP contribution in [0, 0.1) is 5.92 Å². The number of amides is 2. The molecule has 5 nitrogen and oxygen atoms in total. The van der Waals surface area contributed by atoms with Gasteiger partial charge in [0.2, 0.25) is 0 Å². The molecule has 0 aromatic heterocycles. The van der Waals surface area contributed by atoms with Crippen molar-refractivity contribution in [1.82, 2.24) is 10.2 Å². The van der Waals surface area contributed by atoms with Crippen molar-refractivity contribution in [3.63, 3.8) is 0 Å². The van der Waals surface area contributed by atoms with Crippen molar-refractivity contribution in [3.8, 4) is 0 Å². The van der Waals surface area contributed by atoms with Crippen LogP contribution in [0.2, 0.25) is 0 Å². The van der Waals surface area contributed by atoms with Crippen molar-refractivity contribution in [3.05, 3.63) is 0 Å². The molecule has 0 aromatic rings. The lowest BCUT2D eigenvalue weighted by molar-refractivity contribution is -0.142. The number of carbonyl (C=O) groups is 2. The van der Waals surface area contributed by atoms with E-state index < -0.39 is 12.0 Å². The Morgan fingerprint density at radius 2 is 1.89 bits per heavy atom. The molecule has 0 spiro atoms. The van der Waals surface area contributed by atoms with Crippen LogP contribution >= 0.6 is 0 Å². The fourth-order valence-corrected chi connectivity index (χ4v) is 3.21. The van der Waals surface area contributed by atoms with Gasteiger partial charge in [0.25, 0.3) is 0 Å². The average molecular weight is 268 g/mol. The number of likely N-dealkylation sites (tertiary alicyclic amines) is 1. The monoisotopic (exact) mass is 268 g/mol. The zero-order valence-corrected chi connectivity index (χ0v) is 11.6. The van der Waals surface area contributed by atoms with E-state index in [0.717, 1.165) is 38.5 Å². The zero-order valence-electron chi connectivity index (χ0n) is 11.6. The second-order valence-corrected chi connectivity index (χ2v) is 5.86. The molecular weight excluding hydrogens is 244 g/mol. The molecule has 2 fully saturated rings. The summed E-state index contributed by atoms with van der Waals surface area (Å²) in [4.78, 5) is 25.1. The third-order valence-corrected chi connectivity index (χ3v) is 4.47. The average Bonchev–Trinajstić information content (AvgIpc) is 2.66. The number of hydrogen-bond acceptors (Lipinski definition) is 2. The summed E-state index contributed by atoms with van der Waals surface area (Å²) in [6.45, 7) is 2.71. The summed E-state index contributed by atoms with van der Waals surface area (Å²) in [5, 5.41) is 12.3. The van der Waals surface area contributed by atoms with Crippen molar-refractivity contribution < 1.29 is 14.7 Å². The van der Waals surface area contributed by atoms with E-state index in [2.05, 4.69) is 12.2 Å². The molecule has 0 radical (unpaired) electrons. The van der Waals surface area contributed by atoms with E-state index >= 15 is 0 Å². The lowest BCUT2D eigenvalue weighted by Gasteiger charge is -2.29. The highest BCUT2D eigenvalue weighted by molar-refractivity contribution is 5.82. The molecule has 2 amide bonds. The second kappa shape index (κ2) is 6.26. The minimum absolute atomic E-state index is 0.187. The van der Waals surface area contributed by atoms with Gasteiger partial charge in [-0.25, -0.2) is 9.59 Å². The highest BCUT2D eigenvalue weighted by atomic mass is 16.4. The van der Waals surface area contributed by atoms with Crippen molar-refractivity contribution in [1.29, 1.82) is 0 Å². The fourth-order valence-electron chi connectivity index (χ4n) is 3.21. The van der Waals surface area contributed by atoms with E-state index in [4.69, 9.17) is 0 Å². The first-order chi connectivity index (χ1) is 9.09. The summed E-state index contributed by atoms with van der Waals surface area (Å²) in [5.41, 5.74) is 0. The van der Waals surface area contributed by atoms with Crippen LogP contribution in [-0.4, -0.2) is 40.6 Å². The van der Waals surface area contributed by atoms with E-state index in [1.165, 1.54) is 4.90 Å². The predicted molar refractivity (Wildman–Crippen MR) is 71.9 cm³/mol. The molecule has 19 heavy (non-hydrogen) atoms. The summed E-state index contributed by atoms with van der Waals surface area (Å²) in [6, 6.07) is -0.627. The minimum atomic E-state index is -0.878. The topological polar surface area (TPSA) is 69.6 Å². The first-order valence-electron chi connectivity index (χ1n) is 7.39. The summed E-state index contributed by atoms with van der Waals surface area (Å²) >= 11 is 0. The Labute approximate surface area is 114 Å². The number of nitrogens with zero attached hydrogens (tertiary/aromatic N) is 1. The van der Waals surface area contributed by atoms with E-state index in [9.17, 15) is 14.7 Å². The van der Waals surface area contributed by atoms with Gasteiger partial charge in [0.1, 0.15) is 6.04 Å². The molecule has 1 saturated heterocycles. The summed E-state index contributed by atoms with van der Waals surface area (Å²) in [6.07, 6.45) is 6.68. The van der Waals surface area contributed by atoms with Gasteiger partial charge in [0.05, 0.1) is 0 Å². The van der Waals surface area contributed by atoms with Crippen LogP contribution in [0.25, 0.3) is 0 Å². The minimum Gasteiger partial charge on any atom is -0.480 e. The van der Waals surface area contributed by atoms with Crippen LogP contribution in [0.4, 0.5) is 4.79 Å². The largest absolute Gasteiger partial charge is 0.480 e. The smallest absolute Gasteiger partial charge is 0.326 e. The van der Waals surface area contributed by atoms with Gasteiger partial charge >= 0.3 is 12.0 Å². The zero-order chi connectivity index (χ0) is 13.8. The summed E-state index contributed by atoms with van der Waals surface area (Å²) < 4.78 is 0. The van der Waals surface area contributed by atoms with E-state index in [1.807, 2.05) is 0 Å². The van der Waals surface area contributed by atoms with E-state index in [1.54, 1.807) is 0 Å². The number of carboxylic acids is 1. The van der Waals surface area contributed by atoms with Crippen LogP contribution in [0.15, 0.2) is 0 Å². The highest BCUT2D eigenvalue weighted by Gasteiger charge is 2.33. The lowest BCUT2D eigenvalue weighted by Crippen LogP contribution is -2.52. The van der Waals surface area contributed by atoms with Gasteiger partial charge in [-0.3, -0.25) is 0 Å². The SMILES string of the molecule is CC1CCCC1NC(=O)N1CCCCCC1C(=O)O. The molecule has 1 aliphatic heterocycles. The van der Waals surface area contributed by atoms with Crippen LogP contribution in [-0.2, 0) is 4.79 Å². The highest BCUT2D eigenvalue weighted by Crippen LogP contribution is 2.25. The maximum absolute atomic E-state index is 12.3. The Hall–Kier alpha value is -1.26. The molecule has 2 rings (SSSR count). The third-order valence-electron chi connectivity index (χ3n) is 4.47. The third kappa shape index (κ3) is 3.39. The summed E-state index contributed by atoms with van der Waals surface area (Å²) in [7, 11) is 0. The number of carbonyl (C=O) groups excluding carboxylic acids is 1. The molecular formula is C14H24N2O3. The standard InChI is InChI=1S/C14H24N2O3/c1-10-6-5-7-11(10)15-14(19)16-9-4-2-3-8-12(16)13(17)18/h10-12H,2-9H2,1H3,(H,15,19)(H,17,18). The van der Waals surface area contributed by atoms with Gasteiger partial charge in [-0.2, -0.15) is 0 Å². The number of urea groups is 1. The van der Waals surface area contributed by atoms with Crippen LogP contribution < -0.4 is 5.32 Å². The number of hydrogen-bond donors (Lipinski definition) is 2. The van der Waals surface area contributed by atoms with Gasteiger partial charge in [-0.1, -0.05) is 26.2 Å². The van der Waals surface area contributed by atoms with Gasteiger partial charge < -0.3 is 15.3 Å². The van der Waals surface area contributed by atoms with Crippen molar-refractivity contribution in [2.24, 2.45) is 5.92 Å². The Balaban J connectivity index is 1.99. The Morgan fingerprint density at radius 3 is 2.53 bits per heavy atom. The maximum Gasteiger partial charge on any atom is 0.326 e. The van der Waals surface area contributed by atoms with Gasteiger partial charge in [-0.15, -0.1) is 0 Å². The van der Waals surface area contributed by atoms with Crippen LogP contribution in [0.3, 0.4) is 0 Å². The molecule has 2 N–H and O–H groups in total. The molecule has 3 atom stereocenters. The Bertz CT molecular complexity index is 346. The van der Waals surface area contributed by atoms with Crippen LogP contribution in [0.1, 0.15) is 51.9 Å². The van der Waals surface area contributed by atoms with E-state index in [0.29, 0.717) is 18.9 Å². The quantitative estimate of drug-likeness (QED) is 0.806. The van der Waals surface area contributed by atoms with Gasteiger partial charge in [0.15, 0.2) is 0 Å². The molecule has 0 bridgehead atoms. The van der Waals surface area contributed by atoms with Gasteiger partial charge in [-0.05, 0) is 31.6 Å². The summed E-state index contributed by atoms with van der Waals surface area (Å²) in [5.74, 6) is -0.379. The van der Waals surface area contributed by atoms with Gasteiger partial charge in [0, 0.05) is 12.6 Å². The fraction of sp³-hybridized carbons (Fsp3) is 0.857. The molecule has 0 aromatic carbocycles. The van der Waals surface area contributed by atoms with Crippen molar-refractivity contribution in [2.75, 3.05) is 6.54 Å². The van der Waals surface area contributed by atoms with Crippen LogP contribution in [0.5, 0.6) is 0 Å². The second-order valence-electron chi connectivity index (χ2n) is 5.86. The molecule has 1 saturated carbocycles. The maximum atomic E-state index is 12.3. The molecule has 3 unspecified atom stereocenters.